The molecule has 2 rings (SSSR count). The van der Waals surface area contributed by atoms with Gasteiger partial charge in [-0.1, -0.05) is 25.5 Å². The number of para-hydroxylation sites is 2. The van der Waals surface area contributed by atoms with Crippen LogP contribution in [-0.4, -0.2) is 23.1 Å². The van der Waals surface area contributed by atoms with Crippen LogP contribution in [-0.2, 0) is 13.0 Å². The quantitative estimate of drug-likeness (QED) is 0.828. The minimum absolute atomic E-state index is 0.982. The van der Waals surface area contributed by atoms with E-state index < -0.39 is 0 Å². The topological polar surface area (TPSA) is 29.9 Å². The van der Waals surface area contributed by atoms with E-state index in [9.17, 15) is 0 Å². The number of rotatable bonds is 6. The summed E-state index contributed by atoms with van der Waals surface area (Å²) >= 11 is 0. The predicted molar refractivity (Wildman–Crippen MR) is 72.3 cm³/mol. The monoisotopic (exact) mass is 231 g/mol. The lowest BCUT2D eigenvalue weighted by atomic mass is 10.3. The molecule has 0 bridgehead atoms. The third-order valence-electron chi connectivity index (χ3n) is 3.07. The van der Waals surface area contributed by atoms with Crippen molar-refractivity contribution >= 4 is 11.0 Å². The first kappa shape index (κ1) is 12.1. The molecule has 0 amide bonds. The Hall–Kier alpha value is -1.35. The lowest BCUT2D eigenvalue weighted by molar-refractivity contribution is 0.607. The summed E-state index contributed by atoms with van der Waals surface area (Å²) in [5.74, 6) is 1.20. The number of likely N-dealkylation sites (N-methyl/N-ethyl adjacent to an activating group) is 1. The summed E-state index contributed by atoms with van der Waals surface area (Å²) in [5, 5.41) is 3.19. The van der Waals surface area contributed by atoms with E-state index in [1.54, 1.807) is 0 Å². The predicted octanol–water partition coefficient (Wildman–Crippen LogP) is 2.60. The molecule has 1 N–H and O–H groups in total. The van der Waals surface area contributed by atoms with Crippen LogP contribution in [0.1, 0.15) is 25.6 Å². The van der Waals surface area contributed by atoms with Crippen LogP contribution in [0.5, 0.6) is 0 Å². The van der Waals surface area contributed by atoms with Crippen LogP contribution in [0.3, 0.4) is 0 Å². The van der Waals surface area contributed by atoms with E-state index in [1.165, 1.54) is 24.2 Å². The molecule has 0 unspecified atom stereocenters. The van der Waals surface area contributed by atoms with Crippen molar-refractivity contribution in [3.8, 4) is 0 Å². The summed E-state index contributed by atoms with van der Waals surface area (Å²) in [6.07, 6.45) is 3.43. The highest BCUT2D eigenvalue weighted by molar-refractivity contribution is 5.75. The van der Waals surface area contributed by atoms with Crippen LogP contribution in [0, 0.1) is 0 Å². The molecule has 3 heteroatoms. The SMILES string of the molecule is CCCCn1c(CCNC)nc2ccccc21. The van der Waals surface area contributed by atoms with Crippen LogP contribution < -0.4 is 5.32 Å². The van der Waals surface area contributed by atoms with Crippen molar-refractivity contribution in [2.75, 3.05) is 13.6 Å². The number of fused-ring (bicyclic) bond motifs is 1. The van der Waals surface area contributed by atoms with Crippen LogP contribution in [0.4, 0.5) is 0 Å². The van der Waals surface area contributed by atoms with Crippen molar-refractivity contribution in [3.63, 3.8) is 0 Å². The molecule has 3 nitrogen and oxygen atoms in total. The second kappa shape index (κ2) is 5.82. The summed E-state index contributed by atoms with van der Waals surface area (Å²) in [6.45, 7) is 4.29. The maximum absolute atomic E-state index is 4.73. The Balaban J connectivity index is 2.34. The molecule has 0 saturated carbocycles. The molecule has 0 radical (unpaired) electrons. The van der Waals surface area contributed by atoms with E-state index in [-0.39, 0.29) is 0 Å². The molecular weight excluding hydrogens is 210 g/mol. The summed E-state index contributed by atoms with van der Waals surface area (Å²) in [6, 6.07) is 8.41. The molecule has 0 atom stereocenters. The zero-order chi connectivity index (χ0) is 12.1. The van der Waals surface area contributed by atoms with Crippen LogP contribution in [0.15, 0.2) is 24.3 Å². The number of hydrogen-bond acceptors (Lipinski definition) is 2. The van der Waals surface area contributed by atoms with Crippen LogP contribution in [0.25, 0.3) is 11.0 Å². The van der Waals surface area contributed by atoms with E-state index in [1.807, 2.05) is 7.05 Å². The fraction of sp³-hybridized carbons (Fsp3) is 0.500. The van der Waals surface area contributed by atoms with Gasteiger partial charge in [-0.3, -0.25) is 0 Å². The highest BCUT2D eigenvalue weighted by Crippen LogP contribution is 2.17. The summed E-state index contributed by atoms with van der Waals surface area (Å²) in [5.41, 5.74) is 2.39. The van der Waals surface area contributed by atoms with Crippen molar-refractivity contribution in [2.45, 2.75) is 32.7 Å². The molecular formula is C14H21N3. The zero-order valence-corrected chi connectivity index (χ0v) is 10.7. The Morgan fingerprint density at radius 3 is 2.88 bits per heavy atom. The number of nitrogens with one attached hydrogen (secondary N) is 1. The Kier molecular flexibility index (Phi) is 4.15. The fourth-order valence-corrected chi connectivity index (χ4v) is 2.12. The van der Waals surface area contributed by atoms with Crippen molar-refractivity contribution in [2.24, 2.45) is 0 Å². The standard InChI is InChI=1S/C14H21N3/c1-3-4-11-17-13-8-6-5-7-12(13)16-14(17)9-10-15-2/h5-8,15H,3-4,9-11H2,1-2H3. The number of aromatic nitrogens is 2. The molecule has 1 aromatic heterocycles. The van der Waals surface area contributed by atoms with Crippen molar-refractivity contribution < 1.29 is 0 Å². The number of benzene rings is 1. The van der Waals surface area contributed by atoms with Gasteiger partial charge in [-0.05, 0) is 25.6 Å². The Morgan fingerprint density at radius 2 is 2.12 bits per heavy atom. The van der Waals surface area contributed by atoms with Gasteiger partial charge < -0.3 is 9.88 Å². The van der Waals surface area contributed by atoms with Gasteiger partial charge >= 0.3 is 0 Å². The molecule has 0 fully saturated rings. The average molecular weight is 231 g/mol. The minimum Gasteiger partial charge on any atom is -0.328 e. The van der Waals surface area contributed by atoms with Gasteiger partial charge in [0.15, 0.2) is 0 Å². The van der Waals surface area contributed by atoms with Gasteiger partial charge in [0.2, 0.25) is 0 Å². The molecule has 1 aromatic carbocycles. The van der Waals surface area contributed by atoms with Crippen LogP contribution >= 0.6 is 0 Å². The second-order valence-corrected chi connectivity index (χ2v) is 4.38. The Morgan fingerprint density at radius 1 is 1.29 bits per heavy atom. The first-order valence-electron chi connectivity index (χ1n) is 6.45. The highest BCUT2D eigenvalue weighted by Gasteiger charge is 2.08. The van der Waals surface area contributed by atoms with Gasteiger partial charge in [-0.2, -0.15) is 0 Å². The molecule has 0 spiro atoms. The van der Waals surface area contributed by atoms with Crippen molar-refractivity contribution in [3.05, 3.63) is 30.1 Å². The Bertz CT molecular complexity index is 473. The van der Waals surface area contributed by atoms with E-state index in [0.717, 1.165) is 25.0 Å². The maximum Gasteiger partial charge on any atom is 0.111 e. The number of unbranched alkanes of at least 4 members (excludes halogenated alkanes) is 1. The summed E-state index contributed by atoms with van der Waals surface area (Å²) in [4.78, 5) is 4.73. The van der Waals surface area contributed by atoms with Gasteiger partial charge in [0.1, 0.15) is 5.82 Å². The lowest BCUT2D eigenvalue weighted by Gasteiger charge is -2.08. The third kappa shape index (κ3) is 2.67. The molecule has 0 aliphatic heterocycles. The maximum atomic E-state index is 4.73. The van der Waals surface area contributed by atoms with E-state index >= 15 is 0 Å². The molecule has 92 valence electrons. The second-order valence-electron chi connectivity index (χ2n) is 4.38. The molecule has 17 heavy (non-hydrogen) atoms. The smallest absolute Gasteiger partial charge is 0.111 e. The van der Waals surface area contributed by atoms with E-state index in [2.05, 4.69) is 41.1 Å². The lowest BCUT2D eigenvalue weighted by Crippen LogP contribution is -2.14. The van der Waals surface area contributed by atoms with Gasteiger partial charge in [-0.15, -0.1) is 0 Å². The van der Waals surface area contributed by atoms with Crippen LogP contribution in [0.2, 0.25) is 0 Å². The van der Waals surface area contributed by atoms with Gasteiger partial charge in [0, 0.05) is 19.5 Å². The number of hydrogen-bond donors (Lipinski definition) is 1. The number of aryl methyl sites for hydroxylation is 1. The molecule has 2 aromatic rings. The summed E-state index contributed by atoms with van der Waals surface area (Å²) in [7, 11) is 1.99. The minimum atomic E-state index is 0.982. The largest absolute Gasteiger partial charge is 0.328 e. The zero-order valence-electron chi connectivity index (χ0n) is 10.7. The first-order chi connectivity index (χ1) is 8.36. The molecule has 0 aliphatic rings. The number of imidazole rings is 1. The van der Waals surface area contributed by atoms with Gasteiger partial charge in [0.05, 0.1) is 11.0 Å². The normalized spacial score (nSPS) is 11.2. The van der Waals surface area contributed by atoms with Gasteiger partial charge in [0.25, 0.3) is 0 Å². The molecule has 1 heterocycles. The molecule has 0 saturated heterocycles. The average Bonchev–Trinajstić information content (AvgIpc) is 2.71. The van der Waals surface area contributed by atoms with Gasteiger partial charge in [-0.25, -0.2) is 4.98 Å². The first-order valence-corrected chi connectivity index (χ1v) is 6.45. The number of nitrogens with zero attached hydrogens (tertiary/aromatic N) is 2. The Labute approximate surface area is 103 Å². The molecule has 0 aliphatic carbocycles. The summed E-state index contributed by atoms with van der Waals surface area (Å²) < 4.78 is 2.37. The van der Waals surface area contributed by atoms with E-state index in [0.29, 0.717) is 0 Å². The fourth-order valence-electron chi connectivity index (χ4n) is 2.12. The highest BCUT2D eigenvalue weighted by atomic mass is 15.1. The van der Waals surface area contributed by atoms with Crippen molar-refractivity contribution in [1.29, 1.82) is 0 Å². The van der Waals surface area contributed by atoms with Crippen molar-refractivity contribution in [1.82, 2.24) is 14.9 Å². The third-order valence-corrected chi connectivity index (χ3v) is 3.07. The van der Waals surface area contributed by atoms with E-state index in [4.69, 9.17) is 4.98 Å².